The van der Waals surface area contributed by atoms with Crippen LogP contribution < -0.4 is 9.80 Å². The normalized spacial score (nSPS) is 44.1. The summed E-state index contributed by atoms with van der Waals surface area (Å²) in [6.45, 7) is 7.28. The van der Waals surface area contributed by atoms with E-state index in [1.54, 1.807) is 0 Å². The minimum Gasteiger partial charge on any atom is -0.325 e. The molecular weight excluding hydrogens is 256 g/mol. The van der Waals surface area contributed by atoms with Gasteiger partial charge in [-0.15, -0.1) is 0 Å². The van der Waals surface area contributed by atoms with Crippen LogP contribution in [0.2, 0.25) is 0 Å². The third-order valence-electron chi connectivity index (χ3n) is 7.00. The molecule has 0 aromatic carbocycles. The van der Waals surface area contributed by atoms with Crippen molar-refractivity contribution in [2.24, 2.45) is 17.8 Å². The van der Waals surface area contributed by atoms with E-state index in [0.29, 0.717) is 0 Å². The number of allylic oxidation sites excluding steroid dienone is 2. The fourth-order valence-electron chi connectivity index (χ4n) is 5.72. The van der Waals surface area contributed by atoms with Crippen molar-refractivity contribution in [1.82, 2.24) is 0 Å². The van der Waals surface area contributed by atoms with Crippen molar-refractivity contribution in [3.05, 3.63) is 12.2 Å². The van der Waals surface area contributed by atoms with Crippen LogP contribution >= 0.6 is 0 Å². The predicted octanol–water partition coefficient (Wildman–Crippen LogP) is 0.705. The first kappa shape index (κ1) is 14.3. The lowest BCUT2D eigenvalue weighted by molar-refractivity contribution is -1.02. The largest absolute Gasteiger partial charge is 0.325 e. The predicted molar refractivity (Wildman–Crippen MR) is 86.6 cm³/mol. The molecule has 118 valence electrons. The Hall–Kier alpha value is -0.340. The molecular formula is C19H34N2+2. The molecule has 0 aromatic heterocycles. The van der Waals surface area contributed by atoms with Gasteiger partial charge in [-0.1, -0.05) is 25.0 Å². The summed E-state index contributed by atoms with van der Waals surface area (Å²) in [5, 5.41) is 0. The van der Waals surface area contributed by atoms with Gasteiger partial charge in [-0.25, -0.2) is 0 Å². The molecule has 0 amide bonds. The molecule has 2 nitrogen and oxygen atoms in total. The smallest absolute Gasteiger partial charge is 0.127 e. The molecule has 21 heavy (non-hydrogen) atoms. The fraction of sp³-hybridized carbons (Fsp3) is 0.895. The van der Waals surface area contributed by atoms with Crippen LogP contribution in [0.5, 0.6) is 0 Å². The minimum atomic E-state index is 0.953. The molecule has 0 radical (unpaired) electrons. The van der Waals surface area contributed by atoms with E-state index in [1.807, 2.05) is 9.80 Å². The highest BCUT2D eigenvalue weighted by Gasteiger charge is 2.39. The highest BCUT2D eigenvalue weighted by molar-refractivity contribution is 5.09. The van der Waals surface area contributed by atoms with E-state index in [-0.39, 0.29) is 0 Å². The zero-order valence-electron chi connectivity index (χ0n) is 13.7. The second-order valence-corrected chi connectivity index (χ2v) is 8.34. The molecule has 3 aliphatic carbocycles. The van der Waals surface area contributed by atoms with Crippen LogP contribution in [0.4, 0.5) is 0 Å². The minimum absolute atomic E-state index is 0.953. The third kappa shape index (κ3) is 3.22. The molecule has 1 aliphatic heterocycles. The topological polar surface area (TPSA) is 8.88 Å². The standard InChI is InChI=1S/C19H32N2/c1-2-4-6-19(5-3-1)21-11-9-20(10-12-21)15-18-14-16-7-8-17(18)13-16/h7-8,16-19H,1-6,9-15H2/p+2/t16-,17+,18+/m1/s1. The Labute approximate surface area is 130 Å². The van der Waals surface area contributed by atoms with Crippen LogP contribution in [0.1, 0.15) is 51.4 Å². The summed E-state index contributed by atoms with van der Waals surface area (Å²) in [5.41, 5.74) is 0. The van der Waals surface area contributed by atoms with Gasteiger partial charge in [-0.05, 0) is 50.4 Å². The molecule has 0 unspecified atom stereocenters. The van der Waals surface area contributed by atoms with Crippen molar-refractivity contribution >= 4 is 0 Å². The average Bonchev–Trinajstić information content (AvgIpc) is 3.02. The number of nitrogens with one attached hydrogen (secondary N) is 2. The van der Waals surface area contributed by atoms with Crippen molar-refractivity contribution in [3.8, 4) is 0 Å². The maximum atomic E-state index is 2.53. The monoisotopic (exact) mass is 290 g/mol. The SMILES string of the molecule is C1=C[C@H]2C[C@@H]1C[C@H]2C[NH+]1CC[NH+](C2CCCCCC2)CC1. The first-order valence-corrected chi connectivity index (χ1v) is 9.75. The van der Waals surface area contributed by atoms with Crippen molar-refractivity contribution in [2.45, 2.75) is 57.4 Å². The van der Waals surface area contributed by atoms with E-state index < -0.39 is 0 Å². The highest BCUT2D eigenvalue weighted by atomic mass is 15.3. The van der Waals surface area contributed by atoms with Crippen molar-refractivity contribution in [1.29, 1.82) is 0 Å². The van der Waals surface area contributed by atoms with E-state index in [9.17, 15) is 0 Å². The maximum absolute atomic E-state index is 2.53. The molecule has 0 aromatic rings. The van der Waals surface area contributed by atoms with Crippen LogP contribution in [0.25, 0.3) is 0 Å². The van der Waals surface area contributed by atoms with E-state index in [2.05, 4.69) is 12.2 Å². The summed E-state index contributed by atoms with van der Waals surface area (Å²) in [7, 11) is 0. The second-order valence-electron chi connectivity index (χ2n) is 8.34. The lowest BCUT2D eigenvalue weighted by Gasteiger charge is -2.35. The number of hydrogen-bond acceptors (Lipinski definition) is 0. The molecule has 4 aliphatic rings. The molecule has 2 heteroatoms. The zero-order chi connectivity index (χ0) is 14.1. The van der Waals surface area contributed by atoms with E-state index in [1.165, 1.54) is 84.1 Å². The van der Waals surface area contributed by atoms with Crippen LogP contribution in [0, 0.1) is 17.8 Å². The zero-order valence-corrected chi connectivity index (χ0v) is 13.7. The molecule has 4 rings (SSSR count). The summed E-state index contributed by atoms with van der Waals surface area (Å²) in [5.74, 6) is 2.93. The van der Waals surface area contributed by atoms with Crippen molar-refractivity contribution < 1.29 is 9.80 Å². The van der Waals surface area contributed by atoms with Gasteiger partial charge < -0.3 is 9.80 Å². The molecule has 1 saturated heterocycles. The first-order chi connectivity index (χ1) is 10.4. The molecule has 2 N–H and O–H groups in total. The van der Waals surface area contributed by atoms with Crippen molar-refractivity contribution in [3.63, 3.8) is 0 Å². The molecule has 2 bridgehead atoms. The van der Waals surface area contributed by atoms with Gasteiger partial charge in [0.2, 0.25) is 0 Å². The molecule has 0 spiro atoms. The quantitative estimate of drug-likeness (QED) is 0.559. The van der Waals surface area contributed by atoms with Gasteiger partial charge in [0.25, 0.3) is 0 Å². The van der Waals surface area contributed by atoms with E-state index in [0.717, 1.165) is 23.8 Å². The number of quaternary nitrogens is 2. The van der Waals surface area contributed by atoms with Crippen molar-refractivity contribution in [2.75, 3.05) is 32.7 Å². The summed E-state index contributed by atoms with van der Waals surface area (Å²) in [6, 6.07) is 1.01. The molecule has 2 saturated carbocycles. The Bertz CT molecular complexity index is 362. The van der Waals surface area contributed by atoms with Gasteiger partial charge in [0.05, 0.1) is 12.6 Å². The number of hydrogen-bond donors (Lipinski definition) is 2. The van der Waals surface area contributed by atoms with Gasteiger partial charge in [0.15, 0.2) is 0 Å². The fourth-order valence-corrected chi connectivity index (χ4v) is 5.72. The summed E-state index contributed by atoms with van der Waals surface area (Å²) in [4.78, 5) is 3.90. The number of piperazine rings is 1. The summed E-state index contributed by atoms with van der Waals surface area (Å²) < 4.78 is 0. The summed E-state index contributed by atoms with van der Waals surface area (Å²) >= 11 is 0. The molecule has 3 atom stereocenters. The first-order valence-electron chi connectivity index (χ1n) is 9.75. The van der Waals surface area contributed by atoms with Crippen LogP contribution in [-0.2, 0) is 0 Å². The third-order valence-corrected chi connectivity index (χ3v) is 7.00. The number of fused-ring (bicyclic) bond motifs is 2. The lowest BCUT2D eigenvalue weighted by atomic mass is 9.93. The van der Waals surface area contributed by atoms with Gasteiger partial charge in [0.1, 0.15) is 26.2 Å². The van der Waals surface area contributed by atoms with Gasteiger partial charge >= 0.3 is 0 Å². The lowest BCUT2D eigenvalue weighted by Crippen LogP contribution is -3.29. The van der Waals surface area contributed by atoms with Gasteiger partial charge in [0, 0.05) is 5.92 Å². The van der Waals surface area contributed by atoms with E-state index in [4.69, 9.17) is 0 Å². The highest BCUT2D eigenvalue weighted by Crippen LogP contribution is 2.42. The Balaban J connectivity index is 1.24. The van der Waals surface area contributed by atoms with Crippen LogP contribution in [0.3, 0.4) is 0 Å². The second kappa shape index (κ2) is 6.42. The van der Waals surface area contributed by atoms with Gasteiger partial charge in [-0.2, -0.15) is 0 Å². The van der Waals surface area contributed by atoms with E-state index >= 15 is 0 Å². The molecule has 1 heterocycles. The Kier molecular flexibility index (Phi) is 4.36. The maximum Gasteiger partial charge on any atom is 0.127 e. The van der Waals surface area contributed by atoms with Gasteiger partial charge in [-0.3, -0.25) is 0 Å². The average molecular weight is 290 g/mol. The Morgan fingerprint density at radius 3 is 2.19 bits per heavy atom. The van der Waals surface area contributed by atoms with Crippen LogP contribution in [-0.4, -0.2) is 38.8 Å². The number of rotatable bonds is 3. The Morgan fingerprint density at radius 1 is 0.810 bits per heavy atom. The Morgan fingerprint density at radius 2 is 1.57 bits per heavy atom. The molecule has 3 fully saturated rings. The summed E-state index contributed by atoms with van der Waals surface area (Å²) in [6.07, 6.45) is 17.0. The van der Waals surface area contributed by atoms with Crippen LogP contribution in [0.15, 0.2) is 12.2 Å².